The van der Waals surface area contributed by atoms with Crippen LogP contribution in [0.25, 0.3) is 0 Å². The molecule has 6 nitrogen and oxygen atoms in total. The first kappa shape index (κ1) is 16.5. The second-order valence-corrected chi connectivity index (χ2v) is 6.13. The van der Waals surface area contributed by atoms with Gasteiger partial charge in [0, 0.05) is 6.54 Å². The van der Waals surface area contributed by atoms with E-state index in [-0.39, 0.29) is 19.3 Å². The van der Waals surface area contributed by atoms with E-state index in [1.165, 1.54) is 11.1 Å². The molecule has 0 aliphatic heterocycles. The fourth-order valence-electron chi connectivity index (χ4n) is 3.08. The Morgan fingerprint density at radius 1 is 1.50 bits per heavy atom. The highest BCUT2D eigenvalue weighted by molar-refractivity contribution is 5.53. The van der Waals surface area contributed by atoms with Crippen LogP contribution in [0.1, 0.15) is 41.3 Å². The van der Waals surface area contributed by atoms with Crippen molar-refractivity contribution in [1.29, 1.82) is 5.26 Å². The van der Waals surface area contributed by atoms with Crippen LogP contribution in [0, 0.1) is 18.3 Å². The third-order valence-electron chi connectivity index (χ3n) is 4.37. The van der Waals surface area contributed by atoms with Gasteiger partial charge in [0.1, 0.15) is 11.6 Å². The molecule has 24 heavy (non-hydrogen) atoms. The summed E-state index contributed by atoms with van der Waals surface area (Å²) in [5, 5.41) is 29.0. The van der Waals surface area contributed by atoms with Crippen LogP contribution < -0.4 is 5.32 Å². The number of aromatic amines is 1. The van der Waals surface area contributed by atoms with Gasteiger partial charge >= 0.3 is 0 Å². The Hall–Kier alpha value is -2.36. The quantitative estimate of drug-likeness (QED) is 0.758. The van der Waals surface area contributed by atoms with Crippen molar-refractivity contribution in [2.45, 2.75) is 38.4 Å². The third-order valence-corrected chi connectivity index (χ3v) is 4.37. The molecular weight excluding hydrogens is 304 g/mol. The number of aliphatic hydroxyl groups is 1. The lowest BCUT2D eigenvalue weighted by Crippen LogP contribution is -2.27. The first-order chi connectivity index (χ1) is 11.7. The lowest BCUT2D eigenvalue weighted by Gasteiger charge is -2.26. The van der Waals surface area contributed by atoms with Gasteiger partial charge in [-0.15, -0.1) is 0 Å². The number of aliphatic hydroxyl groups excluding tert-OH is 1. The van der Waals surface area contributed by atoms with E-state index in [9.17, 15) is 5.11 Å². The first-order valence-electron chi connectivity index (χ1n) is 8.25. The number of H-pyrrole nitrogens is 1. The van der Waals surface area contributed by atoms with Gasteiger partial charge in [0.25, 0.3) is 0 Å². The van der Waals surface area contributed by atoms with E-state index >= 15 is 0 Å². The van der Waals surface area contributed by atoms with Crippen molar-refractivity contribution in [3.05, 3.63) is 46.6 Å². The summed E-state index contributed by atoms with van der Waals surface area (Å²) in [5.41, 5.74) is 3.76. The highest BCUT2D eigenvalue weighted by atomic mass is 16.5. The number of anilines is 1. The fourth-order valence-corrected chi connectivity index (χ4v) is 3.08. The Morgan fingerprint density at radius 2 is 2.33 bits per heavy atom. The first-order valence-corrected chi connectivity index (χ1v) is 8.25. The van der Waals surface area contributed by atoms with Crippen LogP contribution >= 0.6 is 0 Å². The van der Waals surface area contributed by atoms with Gasteiger partial charge in [0.2, 0.25) is 0 Å². The van der Waals surface area contributed by atoms with Crippen LogP contribution in [0.15, 0.2) is 24.3 Å². The number of hydrogen-bond donors (Lipinski definition) is 3. The maximum Gasteiger partial charge on any atom is 0.166 e. The number of aryl methyl sites for hydroxylation is 2. The van der Waals surface area contributed by atoms with E-state index < -0.39 is 6.10 Å². The molecule has 0 bridgehead atoms. The maximum absolute atomic E-state index is 10.2. The molecule has 0 fully saturated rings. The number of nitriles is 1. The zero-order chi connectivity index (χ0) is 16.9. The lowest BCUT2D eigenvalue weighted by atomic mass is 9.89. The van der Waals surface area contributed by atoms with E-state index in [2.05, 4.69) is 39.8 Å². The molecule has 3 rings (SSSR count). The Morgan fingerprint density at radius 3 is 3.17 bits per heavy atom. The number of ether oxygens (including phenoxy) is 1. The zero-order valence-electron chi connectivity index (χ0n) is 13.7. The van der Waals surface area contributed by atoms with Crippen LogP contribution in [0.2, 0.25) is 0 Å². The minimum Gasteiger partial charge on any atom is -0.389 e. The minimum atomic E-state index is -0.664. The summed E-state index contributed by atoms with van der Waals surface area (Å²) in [4.78, 5) is 0. The highest BCUT2D eigenvalue weighted by Gasteiger charge is 2.21. The Labute approximate surface area is 141 Å². The molecule has 1 aliphatic rings. The zero-order valence-corrected chi connectivity index (χ0v) is 13.7. The molecule has 0 saturated heterocycles. The topological polar surface area (TPSA) is 94.0 Å². The normalized spacial score (nSPS) is 17.8. The number of nitrogens with one attached hydrogen (secondary N) is 2. The van der Waals surface area contributed by atoms with Gasteiger partial charge in [-0.05, 0) is 37.3 Å². The molecule has 0 radical (unpaired) electrons. The molecular formula is C18H22N4O2. The summed E-state index contributed by atoms with van der Waals surface area (Å²) in [6.07, 6.45) is 2.56. The van der Waals surface area contributed by atoms with Crippen molar-refractivity contribution in [1.82, 2.24) is 10.2 Å². The Bertz CT molecular complexity index is 735. The van der Waals surface area contributed by atoms with Gasteiger partial charge in [0.05, 0.1) is 24.5 Å². The van der Waals surface area contributed by atoms with Gasteiger partial charge in [-0.2, -0.15) is 10.4 Å². The molecule has 0 saturated carbocycles. The third kappa shape index (κ3) is 3.58. The second kappa shape index (κ2) is 7.47. The summed E-state index contributed by atoms with van der Waals surface area (Å²) >= 11 is 0. The van der Waals surface area contributed by atoms with Crippen LogP contribution in [-0.2, 0) is 11.2 Å². The maximum atomic E-state index is 10.2. The second-order valence-electron chi connectivity index (χ2n) is 6.13. The van der Waals surface area contributed by atoms with Crippen molar-refractivity contribution in [3.63, 3.8) is 0 Å². The SMILES string of the molecule is Cc1[nH]nc(NCC(O)COC2CCCc3ccccc32)c1C#N. The molecule has 6 heteroatoms. The van der Waals surface area contributed by atoms with E-state index in [4.69, 9.17) is 10.00 Å². The smallest absolute Gasteiger partial charge is 0.166 e. The van der Waals surface area contributed by atoms with E-state index in [0.29, 0.717) is 17.1 Å². The van der Waals surface area contributed by atoms with Gasteiger partial charge in [-0.1, -0.05) is 24.3 Å². The number of aromatic nitrogens is 2. The van der Waals surface area contributed by atoms with Crippen molar-refractivity contribution < 1.29 is 9.84 Å². The number of nitrogens with zero attached hydrogens (tertiary/aromatic N) is 2. The largest absolute Gasteiger partial charge is 0.389 e. The molecule has 126 valence electrons. The summed E-state index contributed by atoms with van der Waals surface area (Å²) in [7, 11) is 0. The molecule has 0 spiro atoms. The number of benzene rings is 1. The minimum absolute atomic E-state index is 0.0481. The van der Waals surface area contributed by atoms with Crippen LogP contribution in [0.3, 0.4) is 0 Å². The highest BCUT2D eigenvalue weighted by Crippen LogP contribution is 2.32. The van der Waals surface area contributed by atoms with E-state index in [1.54, 1.807) is 6.92 Å². The van der Waals surface area contributed by atoms with E-state index in [1.807, 2.05) is 6.07 Å². The molecule has 1 heterocycles. The monoisotopic (exact) mass is 326 g/mol. The molecule has 0 amide bonds. The number of fused-ring (bicyclic) bond motifs is 1. The molecule has 2 atom stereocenters. The lowest BCUT2D eigenvalue weighted by molar-refractivity contribution is -0.0129. The number of hydrogen-bond acceptors (Lipinski definition) is 5. The fraction of sp³-hybridized carbons (Fsp3) is 0.444. The summed E-state index contributed by atoms with van der Waals surface area (Å²) < 4.78 is 5.94. The molecule has 1 aromatic heterocycles. The standard InChI is InChI=1S/C18H22N4O2/c1-12-16(9-19)18(22-21-12)20-10-14(23)11-24-17-8-4-6-13-5-2-3-7-15(13)17/h2-3,5,7,14,17,23H,4,6,8,10-11H2,1H3,(H2,20,21,22). The van der Waals surface area contributed by atoms with Gasteiger partial charge in [0.15, 0.2) is 5.82 Å². The average Bonchev–Trinajstić information content (AvgIpc) is 2.97. The van der Waals surface area contributed by atoms with Crippen molar-refractivity contribution in [3.8, 4) is 6.07 Å². The average molecular weight is 326 g/mol. The van der Waals surface area contributed by atoms with Crippen LogP contribution in [0.4, 0.5) is 5.82 Å². The Balaban J connectivity index is 1.51. The molecule has 3 N–H and O–H groups in total. The van der Waals surface area contributed by atoms with Gasteiger partial charge in [-0.3, -0.25) is 5.10 Å². The van der Waals surface area contributed by atoms with Gasteiger partial charge in [-0.25, -0.2) is 0 Å². The van der Waals surface area contributed by atoms with Crippen LogP contribution in [0.5, 0.6) is 0 Å². The van der Waals surface area contributed by atoms with Crippen molar-refractivity contribution in [2.75, 3.05) is 18.5 Å². The summed E-state index contributed by atoms with van der Waals surface area (Å²) in [6, 6.07) is 10.4. The van der Waals surface area contributed by atoms with Gasteiger partial charge < -0.3 is 15.2 Å². The summed E-state index contributed by atoms with van der Waals surface area (Å²) in [5.74, 6) is 0.470. The van der Waals surface area contributed by atoms with E-state index in [0.717, 1.165) is 19.3 Å². The van der Waals surface area contributed by atoms with Crippen molar-refractivity contribution >= 4 is 5.82 Å². The molecule has 2 aromatic rings. The molecule has 1 aromatic carbocycles. The van der Waals surface area contributed by atoms with Crippen LogP contribution in [-0.4, -0.2) is 34.6 Å². The predicted molar refractivity (Wildman–Crippen MR) is 90.6 cm³/mol. The molecule has 1 aliphatic carbocycles. The summed E-state index contributed by atoms with van der Waals surface area (Å²) in [6.45, 7) is 2.32. The number of rotatable bonds is 6. The predicted octanol–water partition coefficient (Wildman–Crippen LogP) is 2.46. The van der Waals surface area contributed by atoms with Crippen molar-refractivity contribution in [2.24, 2.45) is 0 Å². The molecule has 2 unspecified atom stereocenters. The Kier molecular flexibility index (Phi) is 5.14.